The molecule has 18 heavy (non-hydrogen) atoms. The van der Waals surface area contributed by atoms with Crippen LogP contribution in [0.15, 0.2) is 16.8 Å². The van der Waals surface area contributed by atoms with E-state index in [-0.39, 0.29) is 12.0 Å². The van der Waals surface area contributed by atoms with Crippen molar-refractivity contribution in [2.24, 2.45) is 5.11 Å². The van der Waals surface area contributed by atoms with Crippen molar-refractivity contribution in [1.82, 2.24) is 0 Å². The second-order valence-corrected chi connectivity index (χ2v) is 3.80. The summed E-state index contributed by atoms with van der Waals surface area (Å²) in [5, 5.41) is 3.51. The van der Waals surface area contributed by atoms with Gasteiger partial charge >= 0.3 is 5.97 Å². The van der Waals surface area contributed by atoms with Crippen molar-refractivity contribution in [3.05, 3.63) is 22.1 Å². The van der Waals surface area contributed by atoms with E-state index in [0.29, 0.717) is 31.8 Å². The van der Waals surface area contributed by atoms with Crippen LogP contribution >= 0.6 is 0 Å². The molecular formula is C11H17N3O4. The topological polar surface area (TPSA) is 93.5 Å². The van der Waals surface area contributed by atoms with Gasteiger partial charge in [0.05, 0.1) is 25.9 Å². The molecule has 0 N–H and O–H groups in total. The van der Waals surface area contributed by atoms with E-state index in [4.69, 9.17) is 19.7 Å². The number of nitrogens with zero attached hydrogens (tertiary/aromatic N) is 3. The molecule has 100 valence electrons. The first-order valence-corrected chi connectivity index (χ1v) is 5.78. The number of azide groups is 1. The van der Waals surface area contributed by atoms with Gasteiger partial charge in [0.25, 0.3) is 0 Å². The second-order valence-electron chi connectivity index (χ2n) is 3.80. The van der Waals surface area contributed by atoms with Crippen molar-refractivity contribution in [2.45, 2.75) is 32.6 Å². The lowest BCUT2D eigenvalue weighted by atomic mass is 10.2. The highest BCUT2D eigenvalue weighted by atomic mass is 16.7. The molecule has 1 aliphatic rings. The van der Waals surface area contributed by atoms with Crippen molar-refractivity contribution in [1.29, 1.82) is 0 Å². The summed E-state index contributed by atoms with van der Waals surface area (Å²) in [6, 6.07) is -0.276. The first kappa shape index (κ1) is 14.5. The fraction of sp³-hybridized carbons (Fsp3) is 0.727. The lowest BCUT2D eigenvalue weighted by Crippen LogP contribution is -2.34. The van der Waals surface area contributed by atoms with Crippen LogP contribution in [0.4, 0.5) is 0 Å². The van der Waals surface area contributed by atoms with Gasteiger partial charge in [-0.25, -0.2) is 4.79 Å². The number of carbonyl (C=O) groups excluding carboxylic acids is 1. The molecule has 1 rings (SSSR count). The lowest BCUT2D eigenvalue weighted by Gasteiger charge is -2.26. The monoisotopic (exact) mass is 255 g/mol. The lowest BCUT2D eigenvalue weighted by molar-refractivity contribution is -0.182. The Morgan fingerprint density at radius 2 is 2.22 bits per heavy atom. The molecule has 0 bridgehead atoms. The van der Waals surface area contributed by atoms with Crippen molar-refractivity contribution in [3.8, 4) is 0 Å². The Kier molecular flexibility index (Phi) is 6.21. The molecule has 7 nitrogen and oxygen atoms in total. The molecule has 0 saturated carbocycles. The van der Waals surface area contributed by atoms with Crippen LogP contribution in [-0.4, -0.2) is 38.1 Å². The molecule has 0 aromatic heterocycles. The molecule has 0 unspecified atom stereocenters. The summed E-state index contributed by atoms with van der Waals surface area (Å²) in [4.78, 5) is 14.0. The maximum absolute atomic E-state index is 11.3. The summed E-state index contributed by atoms with van der Waals surface area (Å²) in [5.74, 6) is -0.333. The van der Waals surface area contributed by atoms with Crippen LogP contribution in [0.5, 0.6) is 0 Å². The number of rotatable bonds is 5. The van der Waals surface area contributed by atoms with Crippen LogP contribution in [0.1, 0.15) is 20.3 Å². The Bertz CT molecular complexity index is 355. The molecule has 0 amide bonds. The maximum atomic E-state index is 11.3. The number of ether oxygens (including phenoxy) is 3. The summed E-state index contributed by atoms with van der Waals surface area (Å²) in [7, 11) is 0. The highest BCUT2D eigenvalue weighted by Gasteiger charge is 2.20. The summed E-state index contributed by atoms with van der Waals surface area (Å²) < 4.78 is 15.5. The summed E-state index contributed by atoms with van der Waals surface area (Å²) >= 11 is 0. The Labute approximate surface area is 105 Å². The van der Waals surface area contributed by atoms with Gasteiger partial charge in [-0.2, -0.15) is 0 Å². The van der Waals surface area contributed by atoms with Gasteiger partial charge < -0.3 is 14.2 Å². The standard InChI is InChI=1S/C11H17N3O4/c1-3-16-11(15)8(2)4-5-10-17-6-9(7-18-10)13-14-12/h4,9-10H,3,5-7H2,1-2H3/b8-4+. The molecule has 0 spiro atoms. The largest absolute Gasteiger partial charge is 0.463 e. The molecule has 1 saturated heterocycles. The van der Waals surface area contributed by atoms with Crippen molar-refractivity contribution >= 4 is 5.97 Å². The highest BCUT2D eigenvalue weighted by molar-refractivity contribution is 5.87. The molecule has 1 aliphatic heterocycles. The Morgan fingerprint density at radius 1 is 1.56 bits per heavy atom. The molecule has 1 fully saturated rings. The zero-order valence-corrected chi connectivity index (χ0v) is 10.5. The van der Waals surface area contributed by atoms with Crippen LogP contribution in [0.2, 0.25) is 0 Å². The molecule has 0 atom stereocenters. The van der Waals surface area contributed by atoms with E-state index in [1.54, 1.807) is 19.9 Å². The first-order valence-electron chi connectivity index (χ1n) is 5.78. The van der Waals surface area contributed by atoms with Gasteiger partial charge in [0, 0.05) is 16.9 Å². The number of carbonyl (C=O) groups is 1. The van der Waals surface area contributed by atoms with Crippen LogP contribution in [0.25, 0.3) is 10.4 Å². The smallest absolute Gasteiger partial charge is 0.333 e. The minimum atomic E-state index is -0.403. The quantitative estimate of drug-likeness (QED) is 0.246. The Hall–Kier alpha value is -1.56. The van der Waals surface area contributed by atoms with Gasteiger partial charge in [0.2, 0.25) is 0 Å². The van der Waals surface area contributed by atoms with Gasteiger partial charge in [0.15, 0.2) is 6.29 Å². The molecule has 0 aromatic carbocycles. The molecule has 0 radical (unpaired) electrons. The average molecular weight is 255 g/mol. The summed E-state index contributed by atoms with van der Waals surface area (Å²) in [6.45, 7) is 4.47. The van der Waals surface area contributed by atoms with E-state index >= 15 is 0 Å². The summed E-state index contributed by atoms with van der Waals surface area (Å²) in [5.41, 5.74) is 8.79. The number of esters is 1. The van der Waals surface area contributed by atoms with Crippen molar-refractivity contribution in [2.75, 3.05) is 19.8 Å². The normalized spacial score (nSPS) is 24.2. The zero-order chi connectivity index (χ0) is 13.4. The van der Waals surface area contributed by atoms with Crippen molar-refractivity contribution in [3.63, 3.8) is 0 Å². The third-order valence-corrected chi connectivity index (χ3v) is 2.38. The third-order valence-electron chi connectivity index (χ3n) is 2.38. The van der Waals surface area contributed by atoms with Crippen LogP contribution in [-0.2, 0) is 19.0 Å². The van der Waals surface area contributed by atoms with E-state index in [1.165, 1.54) is 0 Å². The summed E-state index contributed by atoms with van der Waals surface area (Å²) in [6.07, 6.45) is 1.78. The fourth-order valence-corrected chi connectivity index (χ4v) is 1.41. The van der Waals surface area contributed by atoms with E-state index in [1.807, 2.05) is 0 Å². The van der Waals surface area contributed by atoms with Gasteiger partial charge in [-0.15, -0.1) is 0 Å². The van der Waals surface area contributed by atoms with Crippen LogP contribution in [0.3, 0.4) is 0 Å². The van der Waals surface area contributed by atoms with E-state index in [9.17, 15) is 4.79 Å². The van der Waals surface area contributed by atoms with Crippen molar-refractivity contribution < 1.29 is 19.0 Å². The average Bonchev–Trinajstić information content (AvgIpc) is 2.38. The Balaban J connectivity index is 2.35. The fourth-order valence-electron chi connectivity index (χ4n) is 1.41. The minimum Gasteiger partial charge on any atom is -0.463 e. The molecule has 0 aliphatic carbocycles. The van der Waals surface area contributed by atoms with Crippen LogP contribution < -0.4 is 0 Å². The maximum Gasteiger partial charge on any atom is 0.333 e. The van der Waals surface area contributed by atoms with E-state index < -0.39 is 6.29 Å². The number of hydrogen-bond acceptors (Lipinski definition) is 5. The third kappa shape index (κ3) is 4.75. The predicted octanol–water partition coefficient (Wildman–Crippen LogP) is 1.94. The number of hydrogen-bond donors (Lipinski definition) is 0. The van der Waals surface area contributed by atoms with E-state index in [2.05, 4.69) is 10.0 Å². The zero-order valence-electron chi connectivity index (χ0n) is 10.5. The Morgan fingerprint density at radius 3 is 2.78 bits per heavy atom. The molecule has 0 aromatic rings. The molecule has 1 heterocycles. The molecular weight excluding hydrogens is 238 g/mol. The van der Waals surface area contributed by atoms with Gasteiger partial charge in [0.1, 0.15) is 0 Å². The SMILES string of the molecule is CCOC(=O)/C(C)=C/CC1OCC(N=[N+]=[N-])CO1. The minimum absolute atomic E-state index is 0.276. The second kappa shape index (κ2) is 7.71. The van der Waals surface area contributed by atoms with Gasteiger partial charge in [-0.3, -0.25) is 0 Å². The van der Waals surface area contributed by atoms with Gasteiger partial charge in [-0.05, 0) is 19.4 Å². The highest BCUT2D eigenvalue weighted by Crippen LogP contribution is 2.13. The van der Waals surface area contributed by atoms with E-state index in [0.717, 1.165) is 0 Å². The van der Waals surface area contributed by atoms with Gasteiger partial charge in [-0.1, -0.05) is 11.2 Å². The first-order chi connectivity index (χ1) is 8.67. The predicted molar refractivity (Wildman–Crippen MR) is 63.6 cm³/mol. The molecule has 7 heteroatoms. The van der Waals surface area contributed by atoms with Crippen LogP contribution in [0, 0.1) is 0 Å².